The molecule has 5 heteroatoms. The lowest BCUT2D eigenvalue weighted by atomic mass is 9.96. The van der Waals surface area contributed by atoms with Gasteiger partial charge in [-0.3, -0.25) is 14.7 Å². The molecule has 2 heterocycles. The van der Waals surface area contributed by atoms with E-state index in [4.69, 9.17) is 0 Å². The number of carbonyl (C=O) groups excluding carboxylic acids is 1. The lowest BCUT2D eigenvalue weighted by Crippen LogP contribution is -2.48. The van der Waals surface area contributed by atoms with Crippen molar-refractivity contribution >= 4 is 12.0 Å². The molecule has 0 spiro atoms. The minimum Gasteiger partial charge on any atom is -0.353 e. The molecule has 1 aliphatic heterocycles. The largest absolute Gasteiger partial charge is 0.353 e. The number of benzene rings is 2. The van der Waals surface area contributed by atoms with Gasteiger partial charge in [-0.05, 0) is 48.2 Å². The van der Waals surface area contributed by atoms with Crippen LogP contribution in [0, 0.1) is 0 Å². The van der Waals surface area contributed by atoms with Crippen LogP contribution in [-0.2, 0) is 4.79 Å². The minimum atomic E-state index is -0.0407. The number of rotatable bonds is 12. The van der Waals surface area contributed by atoms with E-state index in [1.165, 1.54) is 24.0 Å². The van der Waals surface area contributed by atoms with E-state index in [2.05, 4.69) is 80.8 Å². The van der Waals surface area contributed by atoms with Gasteiger partial charge < -0.3 is 10.2 Å². The van der Waals surface area contributed by atoms with Crippen LogP contribution in [0.15, 0.2) is 91.3 Å². The molecule has 1 aliphatic rings. The van der Waals surface area contributed by atoms with Crippen molar-refractivity contribution < 1.29 is 4.79 Å². The molecule has 0 aliphatic carbocycles. The first-order valence-corrected chi connectivity index (χ1v) is 13.2. The highest BCUT2D eigenvalue weighted by atomic mass is 16.1. The average molecular weight is 483 g/mol. The summed E-state index contributed by atoms with van der Waals surface area (Å²) in [6.45, 7) is 6.32. The first-order chi connectivity index (χ1) is 17.8. The number of aromatic nitrogens is 1. The molecule has 4 rings (SSSR count). The molecular weight excluding hydrogens is 444 g/mol. The summed E-state index contributed by atoms with van der Waals surface area (Å²) in [6.07, 6.45) is 11.4. The zero-order chi connectivity index (χ0) is 24.8. The van der Waals surface area contributed by atoms with Gasteiger partial charge >= 0.3 is 0 Å². The van der Waals surface area contributed by atoms with E-state index in [0.29, 0.717) is 6.04 Å². The number of hydrogen-bond acceptors (Lipinski definition) is 4. The number of hydrogen-bond donors (Lipinski definition) is 1. The molecule has 0 bridgehead atoms. The van der Waals surface area contributed by atoms with Crippen molar-refractivity contribution in [3.05, 3.63) is 108 Å². The second kappa shape index (κ2) is 14.3. The smallest absolute Gasteiger partial charge is 0.243 e. The lowest BCUT2D eigenvalue weighted by molar-refractivity contribution is -0.116. The second-order valence-corrected chi connectivity index (χ2v) is 9.43. The van der Waals surface area contributed by atoms with E-state index in [-0.39, 0.29) is 5.91 Å². The van der Waals surface area contributed by atoms with Gasteiger partial charge in [0, 0.05) is 51.2 Å². The molecular formula is C31H38N4O. The van der Waals surface area contributed by atoms with Gasteiger partial charge in [0.1, 0.15) is 0 Å². The first kappa shape index (κ1) is 25.8. The fraction of sp³-hybridized carbons (Fsp3) is 0.355. The van der Waals surface area contributed by atoms with Crippen LogP contribution in [0.25, 0.3) is 6.08 Å². The highest BCUT2D eigenvalue weighted by Gasteiger charge is 2.26. The molecule has 0 saturated carbocycles. The van der Waals surface area contributed by atoms with Gasteiger partial charge in [0.25, 0.3) is 0 Å². The molecule has 0 atom stereocenters. The van der Waals surface area contributed by atoms with Gasteiger partial charge in [0.2, 0.25) is 5.91 Å². The second-order valence-electron chi connectivity index (χ2n) is 9.43. The van der Waals surface area contributed by atoms with Crippen molar-refractivity contribution in [2.75, 3.05) is 39.3 Å². The third kappa shape index (κ3) is 8.14. The van der Waals surface area contributed by atoms with Crippen LogP contribution in [-0.4, -0.2) is 60.0 Å². The van der Waals surface area contributed by atoms with Gasteiger partial charge in [0.15, 0.2) is 0 Å². The van der Waals surface area contributed by atoms with E-state index in [0.717, 1.165) is 57.7 Å². The van der Waals surface area contributed by atoms with Crippen LogP contribution >= 0.6 is 0 Å². The predicted octanol–water partition coefficient (Wildman–Crippen LogP) is 5.18. The van der Waals surface area contributed by atoms with Crippen LogP contribution in [0.5, 0.6) is 0 Å². The van der Waals surface area contributed by atoms with Gasteiger partial charge in [-0.1, -0.05) is 79.6 Å². The maximum Gasteiger partial charge on any atom is 0.243 e. The van der Waals surface area contributed by atoms with E-state index in [9.17, 15) is 4.79 Å². The number of carbonyl (C=O) groups is 1. The Hall–Kier alpha value is -3.28. The van der Waals surface area contributed by atoms with Gasteiger partial charge in [-0.2, -0.15) is 0 Å². The number of unbranched alkanes of at least 4 members (excludes halogenated alkanes) is 3. The number of nitrogens with zero attached hydrogens (tertiary/aromatic N) is 3. The SMILES string of the molecule is O=C(/C=C/c1cccnc1)NCCCCCCN1CCN(C(c2ccccc2)c2ccccc2)CC1. The van der Waals surface area contributed by atoms with E-state index < -0.39 is 0 Å². The Balaban J connectivity index is 1.11. The van der Waals surface area contributed by atoms with Crippen molar-refractivity contribution in [2.24, 2.45) is 0 Å². The van der Waals surface area contributed by atoms with Crippen molar-refractivity contribution in [3.63, 3.8) is 0 Å². The fourth-order valence-corrected chi connectivity index (χ4v) is 4.86. The molecule has 1 saturated heterocycles. The average Bonchev–Trinajstić information content (AvgIpc) is 2.94. The minimum absolute atomic E-state index is 0.0407. The van der Waals surface area contributed by atoms with Gasteiger partial charge in [-0.25, -0.2) is 0 Å². The number of pyridine rings is 1. The molecule has 0 unspecified atom stereocenters. The summed E-state index contributed by atoms with van der Waals surface area (Å²) in [5, 5.41) is 2.97. The zero-order valence-corrected chi connectivity index (χ0v) is 21.1. The Morgan fingerprint density at radius 3 is 2.14 bits per heavy atom. The molecule has 1 fully saturated rings. The number of nitrogens with one attached hydrogen (secondary N) is 1. The summed E-state index contributed by atoms with van der Waals surface area (Å²) in [5.74, 6) is -0.0407. The topological polar surface area (TPSA) is 48.5 Å². The van der Waals surface area contributed by atoms with E-state index >= 15 is 0 Å². The normalized spacial score (nSPS) is 14.9. The standard InChI is InChI=1S/C31H38N4O/c36-30(18-17-27-12-11-19-32-26-27)33-20-9-1-2-10-21-34-22-24-35(25-23-34)31(28-13-5-3-6-14-28)29-15-7-4-8-16-29/h3-8,11-19,26,31H,1-2,9-10,20-25H2,(H,33,36)/b18-17+. The Bertz CT molecular complexity index is 1010. The fourth-order valence-electron chi connectivity index (χ4n) is 4.86. The van der Waals surface area contributed by atoms with E-state index in [1.54, 1.807) is 24.5 Å². The Kier molecular flexibility index (Phi) is 10.3. The van der Waals surface area contributed by atoms with Crippen molar-refractivity contribution in [2.45, 2.75) is 31.7 Å². The summed E-state index contributed by atoms with van der Waals surface area (Å²) in [4.78, 5) is 21.2. The third-order valence-electron chi connectivity index (χ3n) is 6.81. The highest BCUT2D eigenvalue weighted by molar-refractivity contribution is 5.91. The summed E-state index contributed by atoms with van der Waals surface area (Å²) in [7, 11) is 0. The molecule has 5 nitrogen and oxygen atoms in total. The first-order valence-electron chi connectivity index (χ1n) is 13.2. The molecule has 1 N–H and O–H groups in total. The molecule has 36 heavy (non-hydrogen) atoms. The molecule has 0 radical (unpaired) electrons. The lowest BCUT2D eigenvalue weighted by Gasteiger charge is -2.39. The molecule has 1 aromatic heterocycles. The Morgan fingerprint density at radius 2 is 1.50 bits per heavy atom. The molecule has 1 amide bonds. The summed E-state index contributed by atoms with van der Waals surface area (Å²) < 4.78 is 0. The molecule has 3 aromatic rings. The Morgan fingerprint density at radius 1 is 0.833 bits per heavy atom. The molecule has 188 valence electrons. The van der Waals surface area contributed by atoms with Crippen LogP contribution < -0.4 is 5.32 Å². The van der Waals surface area contributed by atoms with E-state index in [1.807, 2.05) is 12.1 Å². The van der Waals surface area contributed by atoms with Crippen molar-refractivity contribution in [1.82, 2.24) is 20.1 Å². The quantitative estimate of drug-likeness (QED) is 0.286. The van der Waals surface area contributed by atoms with Crippen LogP contribution in [0.3, 0.4) is 0 Å². The predicted molar refractivity (Wildman–Crippen MR) is 147 cm³/mol. The summed E-state index contributed by atoms with van der Waals surface area (Å²) in [6, 6.07) is 25.9. The van der Waals surface area contributed by atoms with Crippen LogP contribution in [0.2, 0.25) is 0 Å². The van der Waals surface area contributed by atoms with Gasteiger partial charge in [0.05, 0.1) is 6.04 Å². The number of piperazine rings is 1. The Labute approximate surface area is 215 Å². The third-order valence-corrected chi connectivity index (χ3v) is 6.81. The summed E-state index contributed by atoms with van der Waals surface area (Å²) >= 11 is 0. The van der Waals surface area contributed by atoms with Crippen molar-refractivity contribution in [1.29, 1.82) is 0 Å². The van der Waals surface area contributed by atoms with Crippen LogP contribution in [0.1, 0.15) is 48.4 Å². The summed E-state index contributed by atoms with van der Waals surface area (Å²) in [5.41, 5.74) is 3.68. The number of amides is 1. The highest BCUT2D eigenvalue weighted by Crippen LogP contribution is 2.29. The molecule has 2 aromatic carbocycles. The maximum atomic E-state index is 11.9. The van der Waals surface area contributed by atoms with Crippen LogP contribution in [0.4, 0.5) is 0 Å². The van der Waals surface area contributed by atoms with Crippen molar-refractivity contribution in [3.8, 4) is 0 Å². The zero-order valence-electron chi connectivity index (χ0n) is 21.1. The van der Waals surface area contributed by atoms with Gasteiger partial charge in [-0.15, -0.1) is 0 Å². The maximum absolute atomic E-state index is 11.9. The monoisotopic (exact) mass is 482 g/mol.